The fourth-order valence-corrected chi connectivity index (χ4v) is 2.63. The first kappa shape index (κ1) is 17.3. The number of nitrogens with zero attached hydrogens (tertiary/aromatic N) is 2. The zero-order valence-corrected chi connectivity index (χ0v) is 13.9. The third-order valence-corrected chi connectivity index (χ3v) is 4.24. The number of benzene rings is 1. The van der Waals surface area contributed by atoms with E-state index >= 15 is 0 Å². The standard InChI is InChI=1S/C17H26N4O2/c1-21(2)16(19-12-14-6-4-3-5-7-14)20-13-17(15(18)22)8-10-23-11-9-17/h3-7H,8-13H2,1-2H3,(H2,18,22)(H,19,20). The topological polar surface area (TPSA) is 80.0 Å². The highest BCUT2D eigenvalue weighted by Crippen LogP contribution is 2.29. The quantitative estimate of drug-likeness (QED) is 0.626. The molecule has 2 rings (SSSR count). The SMILES string of the molecule is CN(C)C(=NCc1ccccc1)NCC1(C(N)=O)CCOCC1. The van der Waals surface area contributed by atoms with Gasteiger partial charge in [0.25, 0.3) is 0 Å². The lowest BCUT2D eigenvalue weighted by Gasteiger charge is -2.35. The largest absolute Gasteiger partial charge is 0.381 e. The summed E-state index contributed by atoms with van der Waals surface area (Å²) in [5.41, 5.74) is 6.23. The van der Waals surface area contributed by atoms with E-state index < -0.39 is 5.41 Å². The number of carbonyl (C=O) groups is 1. The molecular formula is C17H26N4O2. The van der Waals surface area contributed by atoms with Crippen LogP contribution in [0.4, 0.5) is 0 Å². The van der Waals surface area contributed by atoms with Crippen LogP contribution in [-0.4, -0.2) is 50.6 Å². The van der Waals surface area contributed by atoms with Crippen molar-refractivity contribution < 1.29 is 9.53 Å². The number of rotatable bonds is 5. The maximum atomic E-state index is 11.9. The molecule has 3 N–H and O–H groups in total. The van der Waals surface area contributed by atoms with Gasteiger partial charge in [-0.15, -0.1) is 0 Å². The van der Waals surface area contributed by atoms with E-state index in [1.165, 1.54) is 0 Å². The van der Waals surface area contributed by atoms with Crippen molar-refractivity contribution in [3.05, 3.63) is 35.9 Å². The number of nitrogens with one attached hydrogen (secondary N) is 1. The van der Waals surface area contributed by atoms with Crippen LogP contribution in [0.2, 0.25) is 0 Å². The Hall–Kier alpha value is -2.08. The maximum Gasteiger partial charge on any atom is 0.225 e. The molecule has 0 spiro atoms. The van der Waals surface area contributed by atoms with Crippen molar-refractivity contribution >= 4 is 11.9 Å². The molecule has 1 heterocycles. The van der Waals surface area contributed by atoms with Gasteiger partial charge in [0.1, 0.15) is 0 Å². The van der Waals surface area contributed by atoms with Gasteiger partial charge in [-0.3, -0.25) is 4.79 Å². The summed E-state index contributed by atoms with van der Waals surface area (Å²) in [5, 5.41) is 3.30. The van der Waals surface area contributed by atoms with Crippen molar-refractivity contribution in [1.82, 2.24) is 10.2 Å². The Bertz CT molecular complexity index is 537. The van der Waals surface area contributed by atoms with Crippen molar-refractivity contribution in [2.45, 2.75) is 19.4 Å². The van der Waals surface area contributed by atoms with Gasteiger partial charge >= 0.3 is 0 Å². The number of guanidine groups is 1. The molecule has 0 aliphatic carbocycles. The minimum atomic E-state index is -0.554. The molecule has 0 bridgehead atoms. The summed E-state index contributed by atoms with van der Waals surface area (Å²) in [7, 11) is 3.86. The molecule has 1 amide bonds. The highest BCUT2D eigenvalue weighted by Gasteiger charge is 2.38. The van der Waals surface area contributed by atoms with Crippen LogP contribution in [-0.2, 0) is 16.1 Å². The molecule has 0 radical (unpaired) electrons. The number of ether oxygens (including phenoxy) is 1. The number of carbonyl (C=O) groups excluding carboxylic acids is 1. The van der Waals surface area contributed by atoms with E-state index in [1.54, 1.807) is 0 Å². The van der Waals surface area contributed by atoms with E-state index in [4.69, 9.17) is 10.5 Å². The van der Waals surface area contributed by atoms with Crippen LogP contribution in [0.15, 0.2) is 35.3 Å². The first-order valence-electron chi connectivity index (χ1n) is 7.91. The van der Waals surface area contributed by atoms with E-state index in [0.29, 0.717) is 39.1 Å². The van der Waals surface area contributed by atoms with Gasteiger partial charge in [-0.2, -0.15) is 0 Å². The normalized spacial score (nSPS) is 17.6. The van der Waals surface area contributed by atoms with Crippen LogP contribution >= 0.6 is 0 Å². The van der Waals surface area contributed by atoms with E-state index in [0.717, 1.165) is 11.5 Å². The van der Waals surface area contributed by atoms with Crippen LogP contribution < -0.4 is 11.1 Å². The molecule has 1 aromatic rings. The monoisotopic (exact) mass is 318 g/mol. The zero-order chi connectivity index (χ0) is 16.7. The summed E-state index contributed by atoms with van der Waals surface area (Å²) < 4.78 is 5.36. The van der Waals surface area contributed by atoms with Crippen LogP contribution in [0, 0.1) is 5.41 Å². The summed E-state index contributed by atoms with van der Waals surface area (Å²) in [4.78, 5) is 18.4. The lowest BCUT2D eigenvalue weighted by Crippen LogP contribution is -2.51. The van der Waals surface area contributed by atoms with Gasteiger partial charge in [-0.25, -0.2) is 4.99 Å². The molecule has 6 nitrogen and oxygen atoms in total. The second kappa shape index (κ2) is 7.97. The molecule has 0 atom stereocenters. The van der Waals surface area contributed by atoms with Crippen LogP contribution in [0.3, 0.4) is 0 Å². The van der Waals surface area contributed by atoms with Crippen LogP contribution in [0.1, 0.15) is 18.4 Å². The Kier molecular flexibility index (Phi) is 5.98. The number of nitrogens with two attached hydrogens (primary N) is 1. The number of hydrogen-bond donors (Lipinski definition) is 2. The van der Waals surface area contributed by atoms with E-state index in [-0.39, 0.29) is 5.91 Å². The van der Waals surface area contributed by atoms with Crippen LogP contribution in [0.5, 0.6) is 0 Å². The number of aliphatic imine (C=N–C) groups is 1. The average molecular weight is 318 g/mol. The second-order valence-electron chi connectivity index (χ2n) is 6.13. The lowest BCUT2D eigenvalue weighted by atomic mass is 9.79. The summed E-state index contributed by atoms with van der Waals surface area (Å²) >= 11 is 0. The first-order chi connectivity index (χ1) is 11.0. The fraction of sp³-hybridized carbons (Fsp3) is 0.529. The second-order valence-corrected chi connectivity index (χ2v) is 6.13. The predicted molar refractivity (Wildman–Crippen MR) is 91.0 cm³/mol. The fourth-order valence-electron chi connectivity index (χ4n) is 2.63. The van der Waals surface area contributed by atoms with E-state index in [2.05, 4.69) is 10.3 Å². The summed E-state index contributed by atoms with van der Waals surface area (Å²) in [6.07, 6.45) is 1.30. The highest BCUT2D eigenvalue weighted by atomic mass is 16.5. The predicted octanol–water partition coefficient (Wildman–Crippen LogP) is 0.976. The molecule has 0 aromatic heterocycles. The molecule has 6 heteroatoms. The zero-order valence-electron chi connectivity index (χ0n) is 13.9. The van der Waals surface area contributed by atoms with Gasteiger partial charge in [-0.1, -0.05) is 30.3 Å². The van der Waals surface area contributed by atoms with Crippen molar-refractivity contribution in [2.24, 2.45) is 16.1 Å². The van der Waals surface area contributed by atoms with Gasteiger partial charge in [0.2, 0.25) is 5.91 Å². The van der Waals surface area contributed by atoms with Gasteiger partial charge in [0.05, 0.1) is 12.0 Å². The van der Waals surface area contributed by atoms with Crippen molar-refractivity contribution in [3.8, 4) is 0 Å². The van der Waals surface area contributed by atoms with Crippen molar-refractivity contribution in [1.29, 1.82) is 0 Å². The molecule has 23 heavy (non-hydrogen) atoms. The van der Waals surface area contributed by atoms with Gasteiger partial charge < -0.3 is 20.7 Å². The summed E-state index contributed by atoms with van der Waals surface area (Å²) in [5.74, 6) is 0.482. The van der Waals surface area contributed by atoms with Gasteiger partial charge in [0, 0.05) is 33.9 Å². The molecule has 1 aromatic carbocycles. The van der Waals surface area contributed by atoms with Crippen LogP contribution in [0.25, 0.3) is 0 Å². The summed E-state index contributed by atoms with van der Waals surface area (Å²) in [6, 6.07) is 10.1. The molecule has 0 unspecified atom stereocenters. The third-order valence-electron chi connectivity index (χ3n) is 4.24. The Morgan fingerprint density at radius 1 is 1.30 bits per heavy atom. The number of hydrogen-bond acceptors (Lipinski definition) is 3. The molecular weight excluding hydrogens is 292 g/mol. The van der Waals surface area contributed by atoms with Crippen molar-refractivity contribution in [2.75, 3.05) is 33.9 Å². The first-order valence-corrected chi connectivity index (χ1v) is 7.91. The minimum absolute atomic E-state index is 0.269. The Morgan fingerprint density at radius 2 is 1.96 bits per heavy atom. The smallest absolute Gasteiger partial charge is 0.225 e. The average Bonchev–Trinajstić information content (AvgIpc) is 2.56. The van der Waals surface area contributed by atoms with Crippen molar-refractivity contribution in [3.63, 3.8) is 0 Å². The lowest BCUT2D eigenvalue weighted by molar-refractivity contribution is -0.132. The molecule has 1 saturated heterocycles. The Labute approximate surface area is 137 Å². The van der Waals surface area contributed by atoms with Gasteiger partial charge in [0.15, 0.2) is 5.96 Å². The van der Waals surface area contributed by atoms with Gasteiger partial charge in [-0.05, 0) is 18.4 Å². The molecule has 1 fully saturated rings. The maximum absolute atomic E-state index is 11.9. The number of amides is 1. The van der Waals surface area contributed by atoms with E-state index in [9.17, 15) is 4.79 Å². The molecule has 0 saturated carbocycles. The minimum Gasteiger partial charge on any atom is -0.381 e. The summed E-state index contributed by atoms with van der Waals surface area (Å²) in [6.45, 7) is 2.22. The Balaban J connectivity index is 2.02. The Morgan fingerprint density at radius 3 is 2.52 bits per heavy atom. The van der Waals surface area contributed by atoms with E-state index in [1.807, 2.05) is 49.3 Å². The molecule has 126 valence electrons. The highest BCUT2D eigenvalue weighted by molar-refractivity contribution is 5.83. The third kappa shape index (κ3) is 4.69. The molecule has 1 aliphatic heterocycles. The molecule has 1 aliphatic rings. The number of primary amides is 1.